The van der Waals surface area contributed by atoms with E-state index in [1.807, 2.05) is 0 Å². The van der Waals surface area contributed by atoms with Crippen LogP contribution in [-0.2, 0) is 4.74 Å². The Labute approximate surface area is 75.4 Å². The van der Waals surface area contributed by atoms with Crippen molar-refractivity contribution in [2.24, 2.45) is 0 Å². The van der Waals surface area contributed by atoms with E-state index in [1.165, 1.54) is 0 Å². The van der Waals surface area contributed by atoms with E-state index in [0.29, 0.717) is 0 Å². The molecular formula is C8H14F3NO. The molecule has 1 aliphatic heterocycles. The zero-order valence-corrected chi connectivity index (χ0v) is 7.36. The molecule has 0 aromatic rings. The highest BCUT2D eigenvalue weighted by atomic mass is 19.4. The minimum atomic E-state index is -4.04. The van der Waals surface area contributed by atoms with Crippen molar-refractivity contribution < 1.29 is 17.9 Å². The molecule has 2 nitrogen and oxygen atoms in total. The van der Waals surface area contributed by atoms with Crippen molar-refractivity contribution in [1.29, 1.82) is 0 Å². The summed E-state index contributed by atoms with van der Waals surface area (Å²) in [6.07, 6.45) is -3.69. The van der Waals surface area contributed by atoms with Crippen LogP contribution < -0.4 is 5.32 Å². The molecule has 1 heterocycles. The third kappa shape index (κ3) is 5.10. The Hall–Kier alpha value is -0.290. The lowest BCUT2D eigenvalue weighted by Crippen LogP contribution is -2.18. The zero-order chi connectivity index (χ0) is 9.73. The number of ether oxygens (including phenoxy) is 1. The molecule has 78 valence electrons. The maximum absolute atomic E-state index is 11.7. The predicted octanol–water partition coefficient (Wildman–Crippen LogP) is 1.71. The third-order valence-corrected chi connectivity index (χ3v) is 1.97. The van der Waals surface area contributed by atoms with Gasteiger partial charge in [-0.05, 0) is 19.4 Å². The van der Waals surface area contributed by atoms with Crippen LogP contribution in [0.4, 0.5) is 13.2 Å². The van der Waals surface area contributed by atoms with Gasteiger partial charge in [-0.1, -0.05) is 0 Å². The molecule has 1 rings (SSSR count). The molecule has 0 aromatic heterocycles. The van der Waals surface area contributed by atoms with Gasteiger partial charge in [0.1, 0.15) is 0 Å². The third-order valence-electron chi connectivity index (χ3n) is 1.97. The van der Waals surface area contributed by atoms with Crippen molar-refractivity contribution in [3.63, 3.8) is 0 Å². The first-order valence-electron chi connectivity index (χ1n) is 4.47. The van der Waals surface area contributed by atoms with Gasteiger partial charge in [0.2, 0.25) is 0 Å². The molecule has 1 atom stereocenters. The maximum atomic E-state index is 11.7. The fourth-order valence-corrected chi connectivity index (χ4v) is 1.29. The molecule has 0 aromatic carbocycles. The van der Waals surface area contributed by atoms with Crippen molar-refractivity contribution >= 4 is 0 Å². The van der Waals surface area contributed by atoms with E-state index in [-0.39, 0.29) is 19.1 Å². The van der Waals surface area contributed by atoms with E-state index in [1.54, 1.807) is 0 Å². The van der Waals surface area contributed by atoms with Crippen molar-refractivity contribution in [3.8, 4) is 0 Å². The van der Waals surface area contributed by atoms with Crippen LogP contribution in [0.3, 0.4) is 0 Å². The van der Waals surface area contributed by atoms with Gasteiger partial charge in [-0.3, -0.25) is 0 Å². The van der Waals surface area contributed by atoms with Crippen LogP contribution in [0.5, 0.6) is 0 Å². The molecule has 5 heteroatoms. The van der Waals surface area contributed by atoms with Gasteiger partial charge in [0.25, 0.3) is 0 Å². The summed E-state index contributed by atoms with van der Waals surface area (Å²) in [6.45, 7) is 1.89. The second kappa shape index (κ2) is 4.81. The zero-order valence-electron chi connectivity index (χ0n) is 7.36. The smallest absolute Gasteiger partial charge is 0.377 e. The molecular weight excluding hydrogens is 183 g/mol. The highest BCUT2D eigenvalue weighted by Crippen LogP contribution is 2.21. The molecule has 1 N–H and O–H groups in total. The average Bonchev–Trinajstić information content (AvgIpc) is 2.48. The van der Waals surface area contributed by atoms with Gasteiger partial charge in [-0.25, -0.2) is 0 Å². The maximum Gasteiger partial charge on any atom is 0.389 e. The SMILES string of the molecule is FC(F)(F)CCCOC1CCNC1. The standard InChI is InChI=1S/C8H14F3NO/c9-8(10,11)3-1-5-13-7-2-4-12-6-7/h7,12H,1-6H2. The molecule has 0 bridgehead atoms. The largest absolute Gasteiger partial charge is 0.389 e. The van der Waals surface area contributed by atoms with Crippen LogP contribution >= 0.6 is 0 Å². The Balaban J connectivity index is 1.94. The second-order valence-electron chi connectivity index (χ2n) is 3.20. The highest BCUT2D eigenvalue weighted by molar-refractivity contribution is 4.70. The average molecular weight is 197 g/mol. The van der Waals surface area contributed by atoms with E-state index < -0.39 is 12.6 Å². The van der Waals surface area contributed by atoms with Crippen LogP contribution in [0, 0.1) is 0 Å². The highest BCUT2D eigenvalue weighted by Gasteiger charge is 2.26. The summed E-state index contributed by atoms with van der Waals surface area (Å²) in [5.74, 6) is 0. The Morgan fingerprint density at radius 2 is 2.15 bits per heavy atom. The lowest BCUT2D eigenvalue weighted by Gasteiger charge is -2.10. The molecule has 0 spiro atoms. The second-order valence-corrected chi connectivity index (χ2v) is 3.20. The Bertz CT molecular complexity index is 143. The summed E-state index contributed by atoms with van der Waals surface area (Å²) < 4.78 is 40.3. The fraction of sp³-hybridized carbons (Fsp3) is 1.00. The molecule has 1 saturated heterocycles. The van der Waals surface area contributed by atoms with Crippen LogP contribution in [0.1, 0.15) is 19.3 Å². The first kappa shape index (κ1) is 10.8. The van der Waals surface area contributed by atoms with Gasteiger partial charge < -0.3 is 10.1 Å². The number of rotatable bonds is 4. The Kier molecular flexibility index (Phi) is 3.99. The Morgan fingerprint density at radius 3 is 2.69 bits per heavy atom. The summed E-state index contributed by atoms with van der Waals surface area (Å²) >= 11 is 0. The number of nitrogens with one attached hydrogen (secondary N) is 1. The van der Waals surface area contributed by atoms with Gasteiger partial charge in [-0.2, -0.15) is 13.2 Å². The van der Waals surface area contributed by atoms with E-state index >= 15 is 0 Å². The fourth-order valence-electron chi connectivity index (χ4n) is 1.29. The lowest BCUT2D eigenvalue weighted by atomic mass is 10.3. The van der Waals surface area contributed by atoms with Crippen LogP contribution in [0.15, 0.2) is 0 Å². The molecule has 0 aliphatic carbocycles. The van der Waals surface area contributed by atoms with E-state index in [4.69, 9.17) is 4.74 Å². The van der Waals surface area contributed by atoms with Crippen molar-refractivity contribution in [2.75, 3.05) is 19.7 Å². The topological polar surface area (TPSA) is 21.3 Å². The molecule has 1 aliphatic rings. The lowest BCUT2D eigenvalue weighted by molar-refractivity contribution is -0.138. The quantitative estimate of drug-likeness (QED) is 0.693. The van der Waals surface area contributed by atoms with Gasteiger partial charge >= 0.3 is 6.18 Å². The Morgan fingerprint density at radius 1 is 1.38 bits per heavy atom. The summed E-state index contributed by atoms with van der Waals surface area (Å²) in [5, 5.41) is 3.08. The van der Waals surface area contributed by atoms with E-state index in [9.17, 15) is 13.2 Å². The summed E-state index contributed by atoms with van der Waals surface area (Å²) in [5.41, 5.74) is 0. The van der Waals surface area contributed by atoms with Crippen molar-refractivity contribution in [2.45, 2.75) is 31.5 Å². The summed E-state index contributed by atoms with van der Waals surface area (Å²) in [7, 11) is 0. The summed E-state index contributed by atoms with van der Waals surface area (Å²) in [6, 6.07) is 0. The van der Waals surface area contributed by atoms with E-state index in [2.05, 4.69) is 5.32 Å². The van der Waals surface area contributed by atoms with Gasteiger partial charge in [0.05, 0.1) is 6.10 Å². The van der Waals surface area contributed by atoms with Crippen molar-refractivity contribution in [3.05, 3.63) is 0 Å². The van der Waals surface area contributed by atoms with Crippen molar-refractivity contribution in [1.82, 2.24) is 5.32 Å². The number of halogens is 3. The van der Waals surface area contributed by atoms with Gasteiger partial charge in [0.15, 0.2) is 0 Å². The van der Waals surface area contributed by atoms with Crippen LogP contribution in [-0.4, -0.2) is 32.0 Å². The first-order valence-corrected chi connectivity index (χ1v) is 4.47. The monoisotopic (exact) mass is 197 g/mol. The van der Waals surface area contributed by atoms with Gasteiger partial charge in [0, 0.05) is 19.6 Å². The van der Waals surface area contributed by atoms with Gasteiger partial charge in [-0.15, -0.1) is 0 Å². The van der Waals surface area contributed by atoms with E-state index in [0.717, 1.165) is 19.5 Å². The first-order chi connectivity index (χ1) is 6.08. The normalized spacial score (nSPS) is 23.8. The molecule has 0 amide bonds. The molecule has 13 heavy (non-hydrogen) atoms. The summed E-state index contributed by atoms with van der Waals surface area (Å²) in [4.78, 5) is 0. The molecule has 1 unspecified atom stereocenters. The molecule has 1 fully saturated rings. The molecule has 0 radical (unpaired) electrons. The number of hydrogen-bond acceptors (Lipinski definition) is 2. The minimum Gasteiger partial charge on any atom is -0.377 e. The van der Waals surface area contributed by atoms with Crippen LogP contribution in [0.2, 0.25) is 0 Å². The van der Waals surface area contributed by atoms with Crippen LogP contribution in [0.25, 0.3) is 0 Å². The predicted molar refractivity (Wildman–Crippen MR) is 42.5 cm³/mol. The molecule has 0 saturated carbocycles. The minimum absolute atomic E-state index is 0.0694. The number of hydrogen-bond donors (Lipinski definition) is 1. The number of alkyl halides is 3.